The molecule has 0 saturated carbocycles. The zero-order valence-electron chi connectivity index (χ0n) is 13.2. The molecule has 0 bridgehead atoms. The number of thiophene rings is 1. The molecule has 1 aromatic heterocycles. The SMILES string of the molecule is CNC(c1ccc(C(C)(C)C)s1)c1cc(Cl)ccc1OC. The molecule has 1 heterocycles. The second-order valence-corrected chi connectivity index (χ2v) is 7.61. The van der Waals surface area contributed by atoms with Crippen LogP contribution >= 0.6 is 22.9 Å². The summed E-state index contributed by atoms with van der Waals surface area (Å²) < 4.78 is 5.48. The summed E-state index contributed by atoms with van der Waals surface area (Å²) in [6.07, 6.45) is 0. The summed E-state index contributed by atoms with van der Waals surface area (Å²) in [5.74, 6) is 0.851. The van der Waals surface area contributed by atoms with E-state index in [0.717, 1.165) is 16.3 Å². The van der Waals surface area contributed by atoms with Gasteiger partial charge in [0.05, 0.1) is 13.2 Å². The van der Waals surface area contributed by atoms with E-state index in [1.165, 1.54) is 9.75 Å². The number of ether oxygens (including phenoxy) is 1. The molecule has 1 aromatic carbocycles. The Bertz CT molecular complexity index is 615. The minimum absolute atomic E-state index is 0.0831. The maximum atomic E-state index is 6.16. The van der Waals surface area contributed by atoms with Crippen molar-refractivity contribution in [3.63, 3.8) is 0 Å². The molecule has 0 radical (unpaired) electrons. The van der Waals surface area contributed by atoms with Crippen LogP contribution < -0.4 is 10.1 Å². The third kappa shape index (κ3) is 3.60. The fraction of sp³-hybridized carbons (Fsp3) is 0.412. The quantitative estimate of drug-likeness (QED) is 0.853. The van der Waals surface area contributed by atoms with Gasteiger partial charge in [0.1, 0.15) is 5.75 Å². The monoisotopic (exact) mass is 323 g/mol. The van der Waals surface area contributed by atoms with Crippen molar-refractivity contribution in [3.05, 3.63) is 50.7 Å². The fourth-order valence-electron chi connectivity index (χ4n) is 2.29. The van der Waals surface area contributed by atoms with Gasteiger partial charge in [-0.2, -0.15) is 0 Å². The molecule has 1 N–H and O–H groups in total. The lowest BCUT2D eigenvalue weighted by Crippen LogP contribution is -2.17. The number of rotatable bonds is 4. The molecular formula is C17H22ClNOS. The Labute approximate surface area is 136 Å². The predicted octanol–water partition coefficient (Wildman–Crippen LogP) is 5.02. The van der Waals surface area contributed by atoms with Gasteiger partial charge in [0, 0.05) is 20.3 Å². The molecule has 0 aliphatic carbocycles. The van der Waals surface area contributed by atoms with E-state index in [4.69, 9.17) is 16.3 Å². The summed E-state index contributed by atoms with van der Waals surface area (Å²) >= 11 is 7.99. The number of methoxy groups -OCH3 is 1. The number of nitrogens with one attached hydrogen (secondary N) is 1. The van der Waals surface area contributed by atoms with Gasteiger partial charge >= 0.3 is 0 Å². The lowest BCUT2D eigenvalue weighted by atomic mass is 9.95. The zero-order valence-corrected chi connectivity index (χ0v) is 14.7. The van der Waals surface area contributed by atoms with Crippen LogP contribution in [0.25, 0.3) is 0 Å². The van der Waals surface area contributed by atoms with Crippen molar-refractivity contribution in [2.75, 3.05) is 14.2 Å². The highest BCUT2D eigenvalue weighted by atomic mass is 35.5. The third-order valence-corrected chi connectivity index (χ3v) is 5.25. The lowest BCUT2D eigenvalue weighted by molar-refractivity contribution is 0.405. The first kappa shape index (κ1) is 16.3. The highest BCUT2D eigenvalue weighted by molar-refractivity contribution is 7.12. The Balaban J connectivity index is 2.45. The molecule has 0 amide bonds. The molecule has 2 rings (SSSR count). The minimum Gasteiger partial charge on any atom is -0.496 e. The summed E-state index contributed by atoms with van der Waals surface area (Å²) in [6.45, 7) is 6.70. The van der Waals surface area contributed by atoms with Crippen LogP contribution in [0.3, 0.4) is 0 Å². The van der Waals surface area contributed by atoms with Gasteiger partial charge in [-0.3, -0.25) is 0 Å². The molecule has 1 unspecified atom stereocenters. The Morgan fingerprint density at radius 1 is 1.19 bits per heavy atom. The molecule has 4 heteroatoms. The van der Waals surface area contributed by atoms with Crippen LogP contribution in [0, 0.1) is 0 Å². The van der Waals surface area contributed by atoms with Crippen molar-refractivity contribution in [2.24, 2.45) is 0 Å². The van der Waals surface area contributed by atoms with Gasteiger partial charge in [0.15, 0.2) is 0 Å². The van der Waals surface area contributed by atoms with Gasteiger partial charge in [0.25, 0.3) is 0 Å². The van der Waals surface area contributed by atoms with E-state index in [1.807, 2.05) is 36.6 Å². The van der Waals surface area contributed by atoms with E-state index in [0.29, 0.717) is 0 Å². The smallest absolute Gasteiger partial charge is 0.124 e. The second-order valence-electron chi connectivity index (χ2n) is 6.06. The lowest BCUT2D eigenvalue weighted by Gasteiger charge is -2.19. The molecule has 114 valence electrons. The van der Waals surface area contributed by atoms with Crippen molar-refractivity contribution in [2.45, 2.75) is 32.2 Å². The van der Waals surface area contributed by atoms with Crippen molar-refractivity contribution in [1.82, 2.24) is 5.32 Å². The van der Waals surface area contributed by atoms with E-state index in [-0.39, 0.29) is 11.5 Å². The van der Waals surface area contributed by atoms with Crippen LogP contribution in [0.5, 0.6) is 5.75 Å². The molecule has 21 heavy (non-hydrogen) atoms. The van der Waals surface area contributed by atoms with Crippen LogP contribution in [-0.4, -0.2) is 14.2 Å². The van der Waals surface area contributed by atoms with Crippen molar-refractivity contribution < 1.29 is 4.74 Å². The second kappa shape index (κ2) is 6.39. The normalized spacial score (nSPS) is 13.2. The zero-order chi connectivity index (χ0) is 15.6. The summed E-state index contributed by atoms with van der Waals surface area (Å²) in [7, 11) is 3.65. The molecule has 2 aromatic rings. The Morgan fingerprint density at radius 3 is 2.43 bits per heavy atom. The molecular weight excluding hydrogens is 302 g/mol. The fourth-order valence-corrected chi connectivity index (χ4v) is 3.67. The van der Waals surface area contributed by atoms with Gasteiger partial charge in [0.2, 0.25) is 0 Å². The molecule has 0 aliphatic rings. The first-order valence-electron chi connectivity index (χ1n) is 6.97. The molecule has 2 nitrogen and oxygen atoms in total. The minimum atomic E-state index is 0.0831. The van der Waals surface area contributed by atoms with Crippen LogP contribution in [-0.2, 0) is 5.41 Å². The van der Waals surface area contributed by atoms with E-state index in [1.54, 1.807) is 7.11 Å². The number of hydrogen-bond acceptors (Lipinski definition) is 3. The van der Waals surface area contributed by atoms with Crippen molar-refractivity contribution in [3.8, 4) is 5.75 Å². The molecule has 0 spiro atoms. The largest absolute Gasteiger partial charge is 0.496 e. The Morgan fingerprint density at radius 2 is 1.90 bits per heavy atom. The third-order valence-electron chi connectivity index (χ3n) is 3.44. The molecule has 0 saturated heterocycles. The highest BCUT2D eigenvalue weighted by Crippen LogP contribution is 2.38. The maximum absolute atomic E-state index is 6.16. The number of benzene rings is 1. The molecule has 0 aliphatic heterocycles. The van der Waals surface area contributed by atoms with Gasteiger partial charge in [-0.25, -0.2) is 0 Å². The standard InChI is InChI=1S/C17H22ClNOS/c1-17(2,3)15-9-8-14(21-15)16(19-4)12-10-11(18)6-7-13(12)20-5/h6-10,16,19H,1-5H3. The van der Waals surface area contributed by atoms with Crippen LogP contribution in [0.1, 0.15) is 42.1 Å². The van der Waals surface area contributed by atoms with Crippen LogP contribution in [0.4, 0.5) is 0 Å². The maximum Gasteiger partial charge on any atom is 0.124 e. The predicted molar refractivity (Wildman–Crippen MR) is 91.9 cm³/mol. The number of halogens is 1. The summed E-state index contributed by atoms with van der Waals surface area (Å²) in [5, 5.41) is 4.09. The van der Waals surface area contributed by atoms with E-state index >= 15 is 0 Å². The summed E-state index contributed by atoms with van der Waals surface area (Å²) in [5.41, 5.74) is 1.23. The first-order valence-corrected chi connectivity index (χ1v) is 8.17. The van der Waals surface area contributed by atoms with E-state index in [2.05, 4.69) is 38.2 Å². The van der Waals surface area contributed by atoms with Crippen LogP contribution in [0.2, 0.25) is 5.02 Å². The first-order chi connectivity index (χ1) is 9.86. The summed E-state index contributed by atoms with van der Waals surface area (Å²) in [4.78, 5) is 2.64. The number of hydrogen-bond donors (Lipinski definition) is 1. The topological polar surface area (TPSA) is 21.3 Å². The average molecular weight is 324 g/mol. The van der Waals surface area contributed by atoms with E-state index < -0.39 is 0 Å². The Kier molecular flexibility index (Phi) is 4.97. The molecule has 0 fully saturated rings. The Hall–Kier alpha value is -1.03. The van der Waals surface area contributed by atoms with Crippen molar-refractivity contribution in [1.29, 1.82) is 0 Å². The van der Waals surface area contributed by atoms with Gasteiger partial charge in [-0.05, 0) is 42.8 Å². The van der Waals surface area contributed by atoms with Gasteiger partial charge < -0.3 is 10.1 Å². The average Bonchev–Trinajstić information content (AvgIpc) is 2.89. The van der Waals surface area contributed by atoms with Gasteiger partial charge in [-0.1, -0.05) is 32.4 Å². The van der Waals surface area contributed by atoms with Crippen molar-refractivity contribution >= 4 is 22.9 Å². The van der Waals surface area contributed by atoms with Crippen LogP contribution in [0.15, 0.2) is 30.3 Å². The summed E-state index contributed by atoms with van der Waals surface area (Å²) in [6, 6.07) is 10.2. The highest BCUT2D eigenvalue weighted by Gasteiger charge is 2.22. The van der Waals surface area contributed by atoms with Gasteiger partial charge in [-0.15, -0.1) is 11.3 Å². The molecule has 1 atom stereocenters. The van der Waals surface area contributed by atoms with E-state index in [9.17, 15) is 0 Å².